The Morgan fingerprint density at radius 1 is 1.18 bits per heavy atom. The van der Waals surface area contributed by atoms with Crippen LogP contribution in [-0.4, -0.2) is 27.3 Å². The molecule has 0 saturated heterocycles. The van der Waals surface area contributed by atoms with Gasteiger partial charge >= 0.3 is 5.97 Å². The molecule has 2 unspecified atom stereocenters. The monoisotopic (exact) mass is 374 g/mol. The number of anilines is 1. The fourth-order valence-electron chi connectivity index (χ4n) is 3.47. The summed E-state index contributed by atoms with van der Waals surface area (Å²) in [5.74, 6) is -0.336. The summed E-state index contributed by atoms with van der Waals surface area (Å²) in [4.78, 5) is 17.2. The third-order valence-electron chi connectivity index (χ3n) is 4.95. The van der Waals surface area contributed by atoms with Crippen molar-refractivity contribution in [1.82, 2.24) is 14.8 Å². The molecule has 1 aliphatic rings. The molecule has 6 nitrogen and oxygen atoms in total. The van der Waals surface area contributed by atoms with Crippen molar-refractivity contribution < 1.29 is 9.53 Å². The predicted octanol–water partition coefficient (Wildman–Crippen LogP) is 3.52. The quantitative estimate of drug-likeness (QED) is 0.692. The molecule has 2 atom stereocenters. The van der Waals surface area contributed by atoms with Crippen LogP contribution in [0, 0.1) is 12.8 Å². The van der Waals surface area contributed by atoms with Crippen molar-refractivity contribution >= 4 is 11.9 Å². The molecular formula is C22H22N4O2. The molecular weight excluding hydrogens is 352 g/mol. The van der Waals surface area contributed by atoms with Gasteiger partial charge in [0.15, 0.2) is 0 Å². The van der Waals surface area contributed by atoms with Gasteiger partial charge < -0.3 is 10.1 Å². The topological polar surface area (TPSA) is 69.0 Å². The standard InChI is InChI=1S/C22H22N4O2/c1-15-8-10-18(11-9-15)20-19(16(2)25-22-23-14-24-26(20)22)21(27)28-13-12-17-6-4-3-5-7-17/h3-11,14,19-20H,2,12-13H2,1H3,(H,23,24,25). The van der Waals surface area contributed by atoms with Gasteiger partial charge in [0, 0.05) is 12.1 Å². The van der Waals surface area contributed by atoms with E-state index in [0.717, 1.165) is 16.7 Å². The number of nitrogens with one attached hydrogen (secondary N) is 1. The van der Waals surface area contributed by atoms with Crippen molar-refractivity contribution in [3.63, 3.8) is 0 Å². The number of carbonyl (C=O) groups is 1. The summed E-state index contributed by atoms with van der Waals surface area (Å²) < 4.78 is 7.35. The molecule has 0 fully saturated rings. The van der Waals surface area contributed by atoms with Crippen LogP contribution in [0.4, 0.5) is 5.95 Å². The van der Waals surface area contributed by atoms with Crippen LogP contribution in [0.1, 0.15) is 22.7 Å². The van der Waals surface area contributed by atoms with E-state index in [4.69, 9.17) is 4.74 Å². The molecule has 4 rings (SSSR count). The molecule has 28 heavy (non-hydrogen) atoms. The first-order valence-corrected chi connectivity index (χ1v) is 9.26. The van der Waals surface area contributed by atoms with Crippen LogP contribution in [0.2, 0.25) is 0 Å². The SMILES string of the molecule is C=C1Nc2ncnn2C(c2ccc(C)cc2)C1C(=O)OCCc1ccccc1. The Bertz CT molecular complexity index is 979. The molecule has 0 aliphatic carbocycles. The lowest BCUT2D eigenvalue weighted by atomic mass is 9.89. The second kappa shape index (κ2) is 7.68. The summed E-state index contributed by atoms with van der Waals surface area (Å²) in [7, 11) is 0. The second-order valence-electron chi connectivity index (χ2n) is 6.91. The number of aromatic nitrogens is 3. The molecule has 142 valence electrons. The van der Waals surface area contributed by atoms with Crippen LogP contribution in [0.5, 0.6) is 0 Å². The zero-order valence-corrected chi connectivity index (χ0v) is 15.7. The van der Waals surface area contributed by atoms with Crippen molar-refractivity contribution in [3.8, 4) is 0 Å². The van der Waals surface area contributed by atoms with Gasteiger partial charge in [-0.05, 0) is 18.1 Å². The highest BCUT2D eigenvalue weighted by molar-refractivity contribution is 5.79. The van der Waals surface area contributed by atoms with Crippen LogP contribution >= 0.6 is 0 Å². The molecule has 0 bridgehead atoms. The number of hydrogen-bond donors (Lipinski definition) is 1. The lowest BCUT2D eigenvalue weighted by Crippen LogP contribution is -2.38. The van der Waals surface area contributed by atoms with E-state index < -0.39 is 5.92 Å². The lowest BCUT2D eigenvalue weighted by Gasteiger charge is -2.33. The molecule has 1 aliphatic heterocycles. The van der Waals surface area contributed by atoms with Gasteiger partial charge in [-0.15, -0.1) is 0 Å². The van der Waals surface area contributed by atoms with Crippen LogP contribution in [0.3, 0.4) is 0 Å². The first kappa shape index (κ1) is 18.0. The third-order valence-corrected chi connectivity index (χ3v) is 4.95. The van der Waals surface area contributed by atoms with E-state index in [2.05, 4.69) is 22.0 Å². The van der Waals surface area contributed by atoms with Crippen LogP contribution in [0.25, 0.3) is 0 Å². The van der Waals surface area contributed by atoms with E-state index in [-0.39, 0.29) is 12.0 Å². The highest BCUT2D eigenvalue weighted by atomic mass is 16.5. The number of benzene rings is 2. The van der Waals surface area contributed by atoms with E-state index in [1.165, 1.54) is 6.33 Å². The largest absolute Gasteiger partial charge is 0.465 e. The van der Waals surface area contributed by atoms with Crippen LogP contribution in [-0.2, 0) is 16.0 Å². The summed E-state index contributed by atoms with van der Waals surface area (Å²) in [5, 5.41) is 7.41. The third kappa shape index (κ3) is 3.53. The summed E-state index contributed by atoms with van der Waals surface area (Å²) >= 11 is 0. The molecule has 1 aromatic heterocycles. The number of nitrogens with zero attached hydrogens (tertiary/aromatic N) is 3. The van der Waals surface area contributed by atoms with Crippen molar-refractivity contribution in [2.45, 2.75) is 19.4 Å². The number of aryl methyl sites for hydroxylation is 1. The van der Waals surface area contributed by atoms with Gasteiger partial charge in [0.25, 0.3) is 0 Å². The van der Waals surface area contributed by atoms with Gasteiger partial charge in [-0.25, -0.2) is 4.68 Å². The maximum Gasteiger partial charge on any atom is 0.317 e. The van der Waals surface area contributed by atoms with E-state index >= 15 is 0 Å². The number of fused-ring (bicyclic) bond motifs is 1. The fourth-order valence-corrected chi connectivity index (χ4v) is 3.47. The highest BCUT2D eigenvalue weighted by Gasteiger charge is 2.40. The Balaban J connectivity index is 1.57. The van der Waals surface area contributed by atoms with Gasteiger partial charge in [0.05, 0.1) is 12.6 Å². The Labute approximate surface area is 163 Å². The fraction of sp³-hybridized carbons (Fsp3) is 0.227. The predicted molar refractivity (Wildman–Crippen MR) is 107 cm³/mol. The number of esters is 1. The van der Waals surface area contributed by atoms with Crippen molar-refractivity contribution in [1.29, 1.82) is 0 Å². The number of ether oxygens (including phenoxy) is 1. The van der Waals surface area contributed by atoms with Gasteiger partial charge in [-0.2, -0.15) is 10.1 Å². The Morgan fingerprint density at radius 2 is 1.93 bits per heavy atom. The van der Waals surface area contributed by atoms with Gasteiger partial charge in [0.1, 0.15) is 12.2 Å². The molecule has 6 heteroatoms. The van der Waals surface area contributed by atoms with E-state index in [1.54, 1.807) is 4.68 Å². The van der Waals surface area contributed by atoms with E-state index in [9.17, 15) is 4.79 Å². The first-order valence-electron chi connectivity index (χ1n) is 9.26. The highest BCUT2D eigenvalue weighted by Crippen LogP contribution is 2.37. The minimum absolute atomic E-state index is 0.317. The summed E-state index contributed by atoms with van der Waals surface area (Å²) in [6.07, 6.45) is 2.14. The number of carbonyl (C=O) groups excluding carboxylic acids is 1. The maximum atomic E-state index is 13.0. The molecule has 0 spiro atoms. The summed E-state index contributed by atoms with van der Waals surface area (Å²) in [5.41, 5.74) is 3.81. The zero-order valence-electron chi connectivity index (χ0n) is 15.7. The smallest absolute Gasteiger partial charge is 0.317 e. The normalized spacial score (nSPS) is 18.2. The molecule has 3 aromatic rings. The average Bonchev–Trinajstić information content (AvgIpc) is 3.16. The molecule has 0 saturated carbocycles. The zero-order chi connectivity index (χ0) is 19.5. The van der Waals surface area contributed by atoms with Crippen molar-refractivity contribution in [2.24, 2.45) is 5.92 Å². The number of rotatable bonds is 5. The minimum atomic E-state index is -0.590. The Morgan fingerprint density at radius 3 is 2.68 bits per heavy atom. The first-order chi connectivity index (χ1) is 13.6. The molecule has 2 heterocycles. The van der Waals surface area contributed by atoms with Gasteiger partial charge in [-0.3, -0.25) is 4.79 Å². The van der Waals surface area contributed by atoms with E-state index in [0.29, 0.717) is 24.7 Å². The van der Waals surface area contributed by atoms with Gasteiger partial charge in [-0.1, -0.05) is 66.7 Å². The van der Waals surface area contributed by atoms with Crippen LogP contribution < -0.4 is 5.32 Å². The Hall–Kier alpha value is -3.41. The van der Waals surface area contributed by atoms with Crippen molar-refractivity contribution in [2.75, 3.05) is 11.9 Å². The van der Waals surface area contributed by atoms with Crippen LogP contribution in [0.15, 0.2) is 73.2 Å². The Kier molecular flexibility index (Phi) is 4.93. The summed E-state index contributed by atoms with van der Waals surface area (Å²) in [6.45, 7) is 6.41. The lowest BCUT2D eigenvalue weighted by molar-refractivity contribution is -0.148. The van der Waals surface area contributed by atoms with Gasteiger partial charge in [0.2, 0.25) is 5.95 Å². The van der Waals surface area contributed by atoms with Crippen molar-refractivity contribution in [3.05, 3.63) is 89.9 Å². The number of hydrogen-bond acceptors (Lipinski definition) is 5. The van der Waals surface area contributed by atoms with E-state index in [1.807, 2.05) is 61.5 Å². The summed E-state index contributed by atoms with van der Waals surface area (Å²) in [6, 6.07) is 17.7. The molecule has 0 radical (unpaired) electrons. The maximum absolute atomic E-state index is 13.0. The molecule has 0 amide bonds. The molecule has 2 aromatic carbocycles. The molecule has 1 N–H and O–H groups in total. The minimum Gasteiger partial charge on any atom is -0.465 e. The average molecular weight is 374 g/mol. The second-order valence-corrected chi connectivity index (χ2v) is 6.91.